The van der Waals surface area contributed by atoms with E-state index in [1.54, 1.807) is 24.5 Å². The van der Waals surface area contributed by atoms with Crippen LogP contribution in [0.15, 0.2) is 36.7 Å². The monoisotopic (exact) mass is 267 g/mol. The molecule has 0 radical (unpaired) electrons. The molecule has 0 amide bonds. The molecule has 1 aliphatic carbocycles. The third kappa shape index (κ3) is 1.56. The highest BCUT2D eigenvalue weighted by Crippen LogP contribution is 2.44. The maximum Gasteiger partial charge on any atom is 0.168 e. The average Bonchev–Trinajstić information content (AvgIpc) is 3.22. The van der Waals surface area contributed by atoms with Gasteiger partial charge < -0.3 is 14.8 Å². The lowest BCUT2D eigenvalue weighted by Crippen LogP contribution is -1.97. The normalized spacial score (nSPS) is 14.8. The number of pyridine rings is 1. The number of phenolic OH excluding ortho intramolecular Hbond substituents is 2. The van der Waals surface area contributed by atoms with Crippen LogP contribution in [0.4, 0.5) is 0 Å². The molecule has 0 saturated heterocycles. The number of aromatic nitrogens is 3. The molecule has 2 N–H and O–H groups in total. The van der Waals surface area contributed by atoms with Crippen LogP contribution in [0.1, 0.15) is 18.9 Å². The van der Waals surface area contributed by atoms with Gasteiger partial charge in [-0.2, -0.15) is 0 Å². The van der Waals surface area contributed by atoms with E-state index in [-0.39, 0.29) is 11.5 Å². The molecule has 0 unspecified atom stereocenters. The molecule has 0 atom stereocenters. The molecule has 1 fully saturated rings. The third-order valence-electron chi connectivity index (χ3n) is 3.66. The Morgan fingerprint density at radius 1 is 1.15 bits per heavy atom. The average molecular weight is 267 g/mol. The number of para-hydroxylation sites is 1. The number of hydrogen-bond donors (Lipinski definition) is 2. The first kappa shape index (κ1) is 11.3. The van der Waals surface area contributed by atoms with Gasteiger partial charge in [-0.1, -0.05) is 6.07 Å². The summed E-state index contributed by atoms with van der Waals surface area (Å²) in [5, 5.41) is 19.8. The van der Waals surface area contributed by atoms with E-state index in [1.165, 1.54) is 6.07 Å². The van der Waals surface area contributed by atoms with E-state index in [4.69, 9.17) is 0 Å². The number of aromatic hydroxyl groups is 2. The Bertz CT molecular complexity index is 806. The van der Waals surface area contributed by atoms with E-state index >= 15 is 0 Å². The number of imidazole rings is 1. The Kier molecular flexibility index (Phi) is 2.24. The fourth-order valence-corrected chi connectivity index (χ4v) is 2.55. The molecule has 20 heavy (non-hydrogen) atoms. The number of phenols is 2. The van der Waals surface area contributed by atoms with Crippen LogP contribution in [-0.4, -0.2) is 24.7 Å². The molecule has 4 rings (SSSR count). The van der Waals surface area contributed by atoms with Crippen LogP contribution in [0.3, 0.4) is 0 Å². The summed E-state index contributed by atoms with van der Waals surface area (Å²) in [7, 11) is 0. The first-order valence-corrected chi connectivity index (χ1v) is 6.59. The molecular formula is C15H13N3O2. The summed E-state index contributed by atoms with van der Waals surface area (Å²) in [6, 6.07) is 7.29. The molecule has 1 saturated carbocycles. The van der Waals surface area contributed by atoms with Crippen molar-refractivity contribution >= 4 is 11.0 Å². The molecule has 5 heteroatoms. The first-order valence-electron chi connectivity index (χ1n) is 6.59. The second-order valence-corrected chi connectivity index (χ2v) is 5.07. The fourth-order valence-electron chi connectivity index (χ4n) is 2.55. The Morgan fingerprint density at radius 3 is 2.80 bits per heavy atom. The summed E-state index contributed by atoms with van der Waals surface area (Å²) in [6.07, 6.45) is 5.69. The minimum absolute atomic E-state index is 0.127. The smallest absolute Gasteiger partial charge is 0.168 e. The van der Waals surface area contributed by atoms with Crippen molar-refractivity contribution in [3.63, 3.8) is 0 Å². The molecule has 2 aromatic heterocycles. The summed E-state index contributed by atoms with van der Waals surface area (Å²) < 4.78 is 2.13. The molecule has 100 valence electrons. The number of benzene rings is 1. The SMILES string of the molecule is Oc1cccc(-c2nc3cnccc3n2C2CC2)c1O. The minimum Gasteiger partial charge on any atom is -0.504 e. The van der Waals surface area contributed by atoms with Crippen LogP contribution < -0.4 is 0 Å². The highest BCUT2D eigenvalue weighted by atomic mass is 16.3. The van der Waals surface area contributed by atoms with Crippen LogP contribution in [0.5, 0.6) is 11.5 Å². The van der Waals surface area contributed by atoms with Crippen LogP contribution in [0.2, 0.25) is 0 Å². The Hall–Kier alpha value is -2.56. The highest BCUT2D eigenvalue weighted by Gasteiger charge is 2.29. The first-order chi connectivity index (χ1) is 9.75. The minimum atomic E-state index is -0.130. The molecule has 2 heterocycles. The fraction of sp³-hybridized carbons (Fsp3) is 0.200. The van der Waals surface area contributed by atoms with Crippen molar-refractivity contribution in [2.45, 2.75) is 18.9 Å². The van der Waals surface area contributed by atoms with Gasteiger partial charge in [0, 0.05) is 12.2 Å². The van der Waals surface area contributed by atoms with E-state index in [9.17, 15) is 10.2 Å². The van der Waals surface area contributed by atoms with Crippen molar-refractivity contribution in [1.29, 1.82) is 0 Å². The quantitative estimate of drug-likeness (QED) is 0.700. The van der Waals surface area contributed by atoms with Gasteiger partial charge in [0.15, 0.2) is 11.5 Å². The number of nitrogens with zero attached hydrogens (tertiary/aromatic N) is 3. The topological polar surface area (TPSA) is 71.2 Å². The molecule has 0 spiro atoms. The van der Waals surface area contributed by atoms with Gasteiger partial charge in [-0.3, -0.25) is 4.98 Å². The van der Waals surface area contributed by atoms with E-state index < -0.39 is 0 Å². The van der Waals surface area contributed by atoms with Crippen molar-refractivity contribution in [3.05, 3.63) is 36.7 Å². The van der Waals surface area contributed by atoms with E-state index in [1.807, 2.05) is 6.07 Å². The molecule has 3 aromatic rings. The van der Waals surface area contributed by atoms with E-state index in [2.05, 4.69) is 14.5 Å². The predicted molar refractivity (Wildman–Crippen MR) is 74.6 cm³/mol. The standard InChI is InChI=1S/C15H13N3O2/c19-13-3-1-2-10(14(13)20)15-17-11-8-16-7-6-12(11)18(15)9-4-5-9/h1-3,6-9,19-20H,4-5H2. The van der Waals surface area contributed by atoms with Crippen LogP contribution in [0, 0.1) is 0 Å². The lowest BCUT2D eigenvalue weighted by molar-refractivity contribution is 0.404. The molecule has 1 aliphatic rings. The molecule has 0 bridgehead atoms. The molecule has 1 aromatic carbocycles. The summed E-state index contributed by atoms with van der Waals surface area (Å²) in [5.41, 5.74) is 2.37. The zero-order valence-corrected chi connectivity index (χ0v) is 10.7. The Balaban J connectivity index is 2.04. The maximum atomic E-state index is 10.1. The zero-order valence-electron chi connectivity index (χ0n) is 10.7. The molecular weight excluding hydrogens is 254 g/mol. The second kappa shape index (κ2) is 3.96. The predicted octanol–water partition coefficient (Wildman–Crippen LogP) is 2.84. The maximum absolute atomic E-state index is 10.1. The van der Waals surface area contributed by atoms with Crippen molar-refractivity contribution in [2.75, 3.05) is 0 Å². The summed E-state index contributed by atoms with van der Waals surface area (Å²) in [5.74, 6) is 0.427. The van der Waals surface area contributed by atoms with Gasteiger partial charge in [0.25, 0.3) is 0 Å². The van der Waals surface area contributed by atoms with Gasteiger partial charge in [-0.15, -0.1) is 0 Å². The number of rotatable bonds is 2. The largest absolute Gasteiger partial charge is 0.504 e. The molecule has 5 nitrogen and oxygen atoms in total. The lowest BCUT2D eigenvalue weighted by Gasteiger charge is -2.09. The zero-order chi connectivity index (χ0) is 13.7. The van der Waals surface area contributed by atoms with E-state index in [0.29, 0.717) is 17.4 Å². The summed E-state index contributed by atoms with van der Waals surface area (Å²) in [4.78, 5) is 8.67. The van der Waals surface area contributed by atoms with Gasteiger partial charge in [-0.05, 0) is 31.0 Å². The number of fused-ring (bicyclic) bond motifs is 1. The van der Waals surface area contributed by atoms with Gasteiger partial charge in [-0.25, -0.2) is 4.98 Å². The van der Waals surface area contributed by atoms with Crippen molar-refractivity contribution < 1.29 is 10.2 Å². The lowest BCUT2D eigenvalue weighted by atomic mass is 10.1. The highest BCUT2D eigenvalue weighted by molar-refractivity contribution is 5.82. The van der Waals surface area contributed by atoms with Crippen molar-refractivity contribution in [2.24, 2.45) is 0 Å². The van der Waals surface area contributed by atoms with E-state index in [0.717, 1.165) is 23.9 Å². The van der Waals surface area contributed by atoms with Gasteiger partial charge in [0.1, 0.15) is 11.3 Å². The number of hydrogen-bond acceptors (Lipinski definition) is 4. The second-order valence-electron chi connectivity index (χ2n) is 5.07. The summed E-state index contributed by atoms with van der Waals surface area (Å²) in [6.45, 7) is 0. The van der Waals surface area contributed by atoms with Gasteiger partial charge in [0.05, 0.1) is 17.3 Å². The molecule has 0 aliphatic heterocycles. The van der Waals surface area contributed by atoms with Crippen LogP contribution >= 0.6 is 0 Å². The van der Waals surface area contributed by atoms with Gasteiger partial charge >= 0.3 is 0 Å². The third-order valence-corrected chi connectivity index (χ3v) is 3.66. The van der Waals surface area contributed by atoms with Crippen molar-refractivity contribution in [1.82, 2.24) is 14.5 Å². The Labute approximate surface area is 115 Å². The van der Waals surface area contributed by atoms with Crippen LogP contribution in [-0.2, 0) is 0 Å². The van der Waals surface area contributed by atoms with Crippen molar-refractivity contribution in [3.8, 4) is 22.9 Å². The summed E-state index contributed by atoms with van der Waals surface area (Å²) >= 11 is 0. The van der Waals surface area contributed by atoms with Crippen LogP contribution in [0.25, 0.3) is 22.4 Å². The van der Waals surface area contributed by atoms with Gasteiger partial charge in [0.2, 0.25) is 0 Å². The Morgan fingerprint density at radius 2 is 2.00 bits per heavy atom.